The Morgan fingerprint density at radius 2 is 1.75 bits per heavy atom. The highest BCUT2D eigenvalue weighted by Gasteiger charge is 2.16. The highest BCUT2D eigenvalue weighted by Crippen LogP contribution is 2.30. The number of nitrogens with zero attached hydrogens (tertiary/aromatic N) is 3. The second-order valence-corrected chi connectivity index (χ2v) is 5.83. The lowest BCUT2D eigenvalue weighted by atomic mass is 10.0. The first-order valence-electron chi connectivity index (χ1n) is 7.34. The third kappa shape index (κ3) is 3.19. The Balaban J connectivity index is 2.21. The van der Waals surface area contributed by atoms with Gasteiger partial charge in [-0.05, 0) is 6.92 Å². The molecule has 0 saturated carbocycles. The molecule has 120 valence electrons. The van der Waals surface area contributed by atoms with Crippen LogP contribution >= 0.6 is 15.9 Å². The van der Waals surface area contributed by atoms with Crippen molar-refractivity contribution in [3.8, 4) is 22.6 Å². The van der Waals surface area contributed by atoms with Gasteiger partial charge < -0.3 is 0 Å². The molecule has 0 saturated heterocycles. The van der Waals surface area contributed by atoms with Crippen LogP contribution in [0.4, 0.5) is 5.69 Å². The first-order valence-corrected chi connectivity index (χ1v) is 8.46. The molecule has 0 N–H and O–H groups in total. The summed E-state index contributed by atoms with van der Waals surface area (Å²) >= 11 is 3.47. The molecule has 0 atom stereocenters. The highest BCUT2D eigenvalue weighted by molar-refractivity contribution is 9.08. The van der Waals surface area contributed by atoms with E-state index < -0.39 is 4.92 Å². The van der Waals surface area contributed by atoms with Crippen LogP contribution in [0.25, 0.3) is 22.6 Å². The average molecular weight is 384 g/mol. The summed E-state index contributed by atoms with van der Waals surface area (Å²) in [5.74, 6) is 0.610. The summed E-state index contributed by atoms with van der Waals surface area (Å²) in [4.78, 5) is 19.9. The van der Waals surface area contributed by atoms with E-state index >= 15 is 0 Å². The topological polar surface area (TPSA) is 68.9 Å². The van der Waals surface area contributed by atoms with E-state index in [1.54, 1.807) is 12.1 Å². The second-order valence-electron chi connectivity index (χ2n) is 5.27. The fourth-order valence-corrected chi connectivity index (χ4v) is 3.15. The van der Waals surface area contributed by atoms with Gasteiger partial charge in [-0.3, -0.25) is 10.1 Å². The lowest BCUT2D eigenvalue weighted by molar-refractivity contribution is -0.384. The van der Waals surface area contributed by atoms with Crippen molar-refractivity contribution in [2.75, 3.05) is 0 Å². The molecule has 3 rings (SSSR count). The van der Waals surface area contributed by atoms with Gasteiger partial charge in [-0.15, -0.1) is 0 Å². The van der Waals surface area contributed by atoms with Crippen LogP contribution < -0.4 is 0 Å². The van der Waals surface area contributed by atoms with Crippen molar-refractivity contribution in [3.63, 3.8) is 0 Å². The summed E-state index contributed by atoms with van der Waals surface area (Å²) in [6.07, 6.45) is 0. The number of alkyl halides is 1. The Kier molecular flexibility index (Phi) is 4.66. The smallest absolute Gasteiger partial charge is 0.258 e. The minimum absolute atomic E-state index is 0.0468. The normalized spacial score (nSPS) is 10.6. The summed E-state index contributed by atoms with van der Waals surface area (Å²) < 4.78 is 0. The van der Waals surface area contributed by atoms with Crippen LogP contribution in [-0.4, -0.2) is 14.9 Å². The van der Waals surface area contributed by atoms with Gasteiger partial charge in [0.15, 0.2) is 5.82 Å². The Morgan fingerprint density at radius 1 is 1.04 bits per heavy atom. The van der Waals surface area contributed by atoms with Crippen LogP contribution in [0.5, 0.6) is 0 Å². The van der Waals surface area contributed by atoms with E-state index in [1.807, 2.05) is 43.3 Å². The van der Waals surface area contributed by atoms with Crippen molar-refractivity contribution < 1.29 is 4.92 Å². The predicted molar refractivity (Wildman–Crippen MR) is 96.9 cm³/mol. The number of halogens is 1. The molecule has 0 aliphatic carbocycles. The second kappa shape index (κ2) is 6.88. The summed E-state index contributed by atoms with van der Waals surface area (Å²) in [5, 5.41) is 11.6. The molecule has 1 aromatic heterocycles. The maximum atomic E-state index is 11.1. The van der Waals surface area contributed by atoms with Crippen molar-refractivity contribution in [1.82, 2.24) is 9.97 Å². The predicted octanol–water partition coefficient (Wildman–Crippen LogP) is 4.92. The fraction of sp³-hybridized carbons (Fsp3) is 0.111. The minimum Gasteiger partial charge on any atom is -0.258 e. The summed E-state index contributed by atoms with van der Waals surface area (Å²) in [6.45, 7) is 1.92. The number of hydrogen-bond acceptors (Lipinski definition) is 4. The summed E-state index contributed by atoms with van der Waals surface area (Å²) in [7, 11) is 0. The van der Waals surface area contributed by atoms with Gasteiger partial charge >= 0.3 is 0 Å². The largest absolute Gasteiger partial charge is 0.270 e. The monoisotopic (exact) mass is 383 g/mol. The molecule has 6 heteroatoms. The van der Waals surface area contributed by atoms with Crippen molar-refractivity contribution >= 4 is 21.6 Å². The number of rotatable bonds is 4. The van der Waals surface area contributed by atoms with Gasteiger partial charge in [0.05, 0.1) is 10.6 Å². The SMILES string of the molecule is Cc1nc(-c2ccccc2)nc(-c2cccc([N+](=O)[O-])c2)c1CBr. The Morgan fingerprint density at radius 3 is 2.42 bits per heavy atom. The van der Waals surface area contributed by atoms with Gasteiger partial charge in [0.1, 0.15) is 0 Å². The zero-order chi connectivity index (χ0) is 17.1. The van der Waals surface area contributed by atoms with E-state index in [1.165, 1.54) is 6.07 Å². The molecule has 0 bridgehead atoms. The number of benzene rings is 2. The van der Waals surface area contributed by atoms with E-state index in [9.17, 15) is 10.1 Å². The minimum atomic E-state index is -0.399. The summed E-state index contributed by atoms with van der Waals surface area (Å²) in [6, 6.07) is 16.2. The molecular formula is C18H14BrN3O2. The molecular weight excluding hydrogens is 370 g/mol. The first-order chi connectivity index (χ1) is 11.6. The van der Waals surface area contributed by atoms with E-state index in [2.05, 4.69) is 25.9 Å². The molecule has 0 amide bonds. The van der Waals surface area contributed by atoms with Crippen LogP contribution in [-0.2, 0) is 5.33 Å². The quantitative estimate of drug-likeness (QED) is 0.364. The number of nitro benzene ring substituents is 1. The lowest BCUT2D eigenvalue weighted by Crippen LogP contribution is -2.01. The maximum Gasteiger partial charge on any atom is 0.270 e. The molecule has 0 aliphatic heterocycles. The zero-order valence-corrected chi connectivity index (χ0v) is 14.5. The Bertz CT molecular complexity index is 898. The van der Waals surface area contributed by atoms with Gasteiger partial charge in [-0.1, -0.05) is 58.4 Å². The molecule has 3 aromatic rings. The van der Waals surface area contributed by atoms with Gasteiger partial charge in [-0.25, -0.2) is 9.97 Å². The number of nitro groups is 1. The van der Waals surface area contributed by atoms with E-state index in [0.717, 1.165) is 16.8 Å². The number of aryl methyl sites for hydroxylation is 1. The first kappa shape index (κ1) is 16.3. The molecule has 0 aliphatic rings. The van der Waals surface area contributed by atoms with Gasteiger partial charge in [0.2, 0.25) is 0 Å². The lowest BCUT2D eigenvalue weighted by Gasteiger charge is -2.12. The molecule has 2 aromatic carbocycles. The number of non-ortho nitro benzene ring substituents is 1. The Labute approximate surface area is 147 Å². The van der Waals surface area contributed by atoms with Gasteiger partial charge in [0, 0.05) is 39.8 Å². The zero-order valence-electron chi connectivity index (χ0n) is 12.9. The molecule has 1 heterocycles. The molecule has 5 nitrogen and oxygen atoms in total. The van der Waals surface area contributed by atoms with Crippen molar-refractivity contribution in [1.29, 1.82) is 0 Å². The standard InChI is InChI=1S/C18H14BrN3O2/c1-12-16(11-19)17(14-8-5-9-15(10-14)22(23)24)21-18(20-12)13-6-3-2-4-7-13/h2-10H,11H2,1H3. The number of aromatic nitrogens is 2. The fourth-order valence-electron chi connectivity index (χ4n) is 2.48. The van der Waals surface area contributed by atoms with Crippen LogP contribution in [0, 0.1) is 17.0 Å². The highest BCUT2D eigenvalue weighted by atomic mass is 79.9. The molecule has 0 fully saturated rings. The van der Waals surface area contributed by atoms with Gasteiger partial charge in [-0.2, -0.15) is 0 Å². The number of hydrogen-bond donors (Lipinski definition) is 0. The third-order valence-electron chi connectivity index (χ3n) is 3.71. The maximum absolute atomic E-state index is 11.1. The van der Waals surface area contributed by atoms with Crippen LogP contribution in [0.15, 0.2) is 54.6 Å². The van der Waals surface area contributed by atoms with Crippen LogP contribution in [0.3, 0.4) is 0 Å². The van der Waals surface area contributed by atoms with Crippen molar-refractivity contribution in [3.05, 3.63) is 76.0 Å². The molecule has 0 unspecified atom stereocenters. The van der Waals surface area contributed by atoms with E-state index in [-0.39, 0.29) is 5.69 Å². The molecule has 0 spiro atoms. The van der Waals surface area contributed by atoms with Crippen LogP contribution in [0.2, 0.25) is 0 Å². The van der Waals surface area contributed by atoms with Crippen molar-refractivity contribution in [2.24, 2.45) is 0 Å². The summed E-state index contributed by atoms with van der Waals surface area (Å²) in [5.41, 5.74) is 4.15. The molecule has 24 heavy (non-hydrogen) atoms. The van der Waals surface area contributed by atoms with Crippen LogP contribution in [0.1, 0.15) is 11.3 Å². The van der Waals surface area contributed by atoms with E-state index in [4.69, 9.17) is 0 Å². The average Bonchev–Trinajstić information content (AvgIpc) is 2.62. The van der Waals surface area contributed by atoms with Crippen molar-refractivity contribution in [2.45, 2.75) is 12.3 Å². The Hall–Kier alpha value is -2.60. The van der Waals surface area contributed by atoms with Gasteiger partial charge in [0.25, 0.3) is 5.69 Å². The third-order valence-corrected chi connectivity index (χ3v) is 4.27. The van der Waals surface area contributed by atoms with E-state index in [0.29, 0.717) is 22.4 Å². The molecule has 0 radical (unpaired) electrons.